The predicted octanol–water partition coefficient (Wildman–Crippen LogP) is 2.70. The van der Waals surface area contributed by atoms with Gasteiger partial charge in [0.15, 0.2) is 11.1 Å². The third kappa shape index (κ3) is 7.32. The van der Waals surface area contributed by atoms with Crippen molar-refractivity contribution in [1.82, 2.24) is 15.6 Å². The summed E-state index contributed by atoms with van der Waals surface area (Å²) < 4.78 is 0. The van der Waals surface area contributed by atoms with Crippen LogP contribution in [-0.2, 0) is 6.54 Å². The number of nitrogens with zero attached hydrogens (tertiary/aromatic N) is 3. The highest BCUT2D eigenvalue weighted by atomic mass is 32.1. The molecule has 1 aromatic heterocycles. The molecule has 120 valence electrons. The molecule has 1 aromatic rings. The number of hydrogen-bond acceptors (Lipinski definition) is 4. The van der Waals surface area contributed by atoms with Crippen LogP contribution in [0.4, 0.5) is 5.13 Å². The van der Waals surface area contributed by atoms with Crippen LogP contribution >= 0.6 is 11.3 Å². The summed E-state index contributed by atoms with van der Waals surface area (Å²) in [7, 11) is 4.01. The summed E-state index contributed by atoms with van der Waals surface area (Å²) in [6, 6.07) is 0. The van der Waals surface area contributed by atoms with Gasteiger partial charge in [0, 0.05) is 32.6 Å². The maximum Gasteiger partial charge on any atom is 0.191 e. The molecule has 0 aliphatic rings. The Kier molecular flexibility index (Phi) is 8.12. The minimum atomic E-state index is 0.615. The summed E-state index contributed by atoms with van der Waals surface area (Å²) in [4.78, 5) is 11.2. The molecule has 0 fully saturated rings. The lowest BCUT2D eigenvalue weighted by Gasteiger charge is -2.11. The molecule has 6 heteroatoms. The summed E-state index contributed by atoms with van der Waals surface area (Å²) in [5.74, 6) is 1.63. The SMILES string of the molecule is CCNC(=NCc1csc(N(C)C)n1)NCCCC(C)C. The molecule has 0 radical (unpaired) electrons. The molecule has 1 rings (SSSR count). The zero-order valence-electron chi connectivity index (χ0n) is 13.9. The zero-order chi connectivity index (χ0) is 15.7. The van der Waals surface area contributed by atoms with E-state index in [-0.39, 0.29) is 0 Å². The van der Waals surface area contributed by atoms with Crippen molar-refractivity contribution in [2.75, 3.05) is 32.1 Å². The van der Waals surface area contributed by atoms with E-state index in [9.17, 15) is 0 Å². The van der Waals surface area contributed by atoms with Gasteiger partial charge in [-0.25, -0.2) is 9.98 Å². The van der Waals surface area contributed by atoms with Crippen LogP contribution in [0.2, 0.25) is 0 Å². The first kappa shape index (κ1) is 17.8. The molecule has 0 bridgehead atoms. The molecular formula is C15H29N5S. The summed E-state index contributed by atoms with van der Waals surface area (Å²) in [5.41, 5.74) is 1.02. The third-order valence-electron chi connectivity index (χ3n) is 2.92. The highest BCUT2D eigenvalue weighted by Crippen LogP contribution is 2.18. The Morgan fingerprint density at radius 1 is 1.38 bits per heavy atom. The molecule has 0 atom stereocenters. The van der Waals surface area contributed by atoms with E-state index in [1.807, 2.05) is 19.0 Å². The second-order valence-electron chi connectivity index (χ2n) is 5.67. The maximum absolute atomic E-state index is 4.59. The van der Waals surface area contributed by atoms with Crippen molar-refractivity contribution in [3.05, 3.63) is 11.1 Å². The van der Waals surface area contributed by atoms with Gasteiger partial charge in [-0.15, -0.1) is 11.3 Å². The highest BCUT2D eigenvalue weighted by Gasteiger charge is 2.04. The average molecular weight is 311 g/mol. The van der Waals surface area contributed by atoms with Crippen LogP contribution in [-0.4, -0.2) is 38.1 Å². The number of nitrogens with one attached hydrogen (secondary N) is 2. The van der Waals surface area contributed by atoms with Crippen molar-refractivity contribution in [2.24, 2.45) is 10.9 Å². The molecular weight excluding hydrogens is 282 g/mol. The minimum absolute atomic E-state index is 0.615. The molecule has 0 aliphatic heterocycles. The Morgan fingerprint density at radius 2 is 2.14 bits per heavy atom. The molecule has 2 N–H and O–H groups in total. The standard InChI is InChI=1S/C15H29N5S/c1-6-16-14(17-9-7-8-12(2)3)18-10-13-11-21-15(19-13)20(4)5/h11-12H,6-10H2,1-5H3,(H2,16,17,18). The van der Waals surface area contributed by atoms with Crippen LogP contribution in [0.25, 0.3) is 0 Å². The summed E-state index contributed by atoms with van der Waals surface area (Å²) >= 11 is 1.65. The van der Waals surface area contributed by atoms with E-state index >= 15 is 0 Å². The summed E-state index contributed by atoms with van der Waals surface area (Å²) in [5, 5.41) is 9.75. The molecule has 5 nitrogen and oxygen atoms in total. The quantitative estimate of drug-likeness (QED) is 0.440. The molecule has 21 heavy (non-hydrogen) atoms. The molecule has 0 amide bonds. The number of guanidine groups is 1. The van der Waals surface area contributed by atoms with Crippen molar-refractivity contribution in [3.63, 3.8) is 0 Å². The van der Waals surface area contributed by atoms with Crippen LogP contribution < -0.4 is 15.5 Å². The lowest BCUT2D eigenvalue weighted by molar-refractivity contribution is 0.549. The first-order valence-electron chi connectivity index (χ1n) is 7.66. The van der Waals surface area contributed by atoms with Crippen molar-refractivity contribution < 1.29 is 0 Å². The van der Waals surface area contributed by atoms with E-state index in [0.29, 0.717) is 6.54 Å². The molecule has 0 aliphatic carbocycles. The number of rotatable bonds is 8. The topological polar surface area (TPSA) is 52.6 Å². The molecule has 0 saturated carbocycles. The van der Waals surface area contributed by atoms with Crippen molar-refractivity contribution in [2.45, 2.75) is 40.2 Å². The largest absolute Gasteiger partial charge is 0.357 e. The Balaban J connectivity index is 2.46. The van der Waals surface area contributed by atoms with Gasteiger partial charge in [0.25, 0.3) is 0 Å². The Hall–Kier alpha value is -1.30. The van der Waals surface area contributed by atoms with Crippen LogP contribution in [0.1, 0.15) is 39.3 Å². The fraction of sp³-hybridized carbons (Fsp3) is 0.733. The van der Waals surface area contributed by atoms with Crippen LogP contribution in [0.5, 0.6) is 0 Å². The fourth-order valence-corrected chi connectivity index (χ4v) is 2.54. The van der Waals surface area contributed by atoms with Crippen LogP contribution in [0, 0.1) is 5.92 Å². The van der Waals surface area contributed by atoms with Crippen LogP contribution in [0.3, 0.4) is 0 Å². The average Bonchev–Trinajstić information content (AvgIpc) is 2.89. The predicted molar refractivity (Wildman–Crippen MR) is 93.3 cm³/mol. The van der Waals surface area contributed by atoms with Crippen molar-refractivity contribution >= 4 is 22.4 Å². The first-order chi connectivity index (χ1) is 10.0. The first-order valence-corrected chi connectivity index (χ1v) is 8.54. The minimum Gasteiger partial charge on any atom is -0.357 e. The number of hydrogen-bond donors (Lipinski definition) is 2. The normalized spacial score (nSPS) is 11.8. The zero-order valence-corrected chi connectivity index (χ0v) is 14.8. The second kappa shape index (κ2) is 9.60. The van der Waals surface area contributed by atoms with Crippen molar-refractivity contribution in [3.8, 4) is 0 Å². The number of aromatic nitrogens is 1. The highest BCUT2D eigenvalue weighted by molar-refractivity contribution is 7.13. The van der Waals surface area contributed by atoms with E-state index in [1.54, 1.807) is 11.3 Å². The maximum atomic E-state index is 4.59. The Labute approximate surface area is 132 Å². The van der Waals surface area contributed by atoms with Gasteiger partial charge < -0.3 is 15.5 Å². The monoisotopic (exact) mass is 311 g/mol. The molecule has 0 saturated heterocycles. The van der Waals surface area contributed by atoms with E-state index in [1.165, 1.54) is 12.8 Å². The number of thiazole rings is 1. The van der Waals surface area contributed by atoms with Gasteiger partial charge in [0.2, 0.25) is 0 Å². The van der Waals surface area contributed by atoms with Gasteiger partial charge in [0.05, 0.1) is 12.2 Å². The Bertz CT molecular complexity index is 425. The lowest BCUT2D eigenvalue weighted by atomic mass is 10.1. The molecule has 0 unspecified atom stereocenters. The van der Waals surface area contributed by atoms with E-state index in [2.05, 4.69) is 46.8 Å². The second-order valence-corrected chi connectivity index (χ2v) is 6.51. The Morgan fingerprint density at radius 3 is 2.71 bits per heavy atom. The summed E-state index contributed by atoms with van der Waals surface area (Å²) in [6.45, 7) is 9.04. The van der Waals surface area contributed by atoms with Gasteiger partial charge in [-0.1, -0.05) is 13.8 Å². The third-order valence-corrected chi connectivity index (χ3v) is 3.97. The summed E-state index contributed by atoms with van der Waals surface area (Å²) in [6.07, 6.45) is 2.41. The fourth-order valence-electron chi connectivity index (χ4n) is 1.79. The number of aliphatic imine (C=N–C) groups is 1. The van der Waals surface area contributed by atoms with Gasteiger partial charge in [0.1, 0.15) is 0 Å². The van der Waals surface area contributed by atoms with E-state index < -0.39 is 0 Å². The van der Waals surface area contributed by atoms with Gasteiger partial charge >= 0.3 is 0 Å². The van der Waals surface area contributed by atoms with Gasteiger partial charge in [-0.2, -0.15) is 0 Å². The molecule has 1 heterocycles. The molecule has 0 aromatic carbocycles. The number of anilines is 1. The van der Waals surface area contributed by atoms with Gasteiger partial charge in [-0.3, -0.25) is 0 Å². The smallest absolute Gasteiger partial charge is 0.191 e. The van der Waals surface area contributed by atoms with E-state index in [0.717, 1.165) is 35.8 Å². The van der Waals surface area contributed by atoms with Gasteiger partial charge in [-0.05, 0) is 25.7 Å². The lowest BCUT2D eigenvalue weighted by Crippen LogP contribution is -2.37. The molecule has 0 spiro atoms. The van der Waals surface area contributed by atoms with E-state index in [4.69, 9.17) is 0 Å². The van der Waals surface area contributed by atoms with Crippen molar-refractivity contribution in [1.29, 1.82) is 0 Å². The van der Waals surface area contributed by atoms with Crippen LogP contribution in [0.15, 0.2) is 10.4 Å².